The van der Waals surface area contributed by atoms with Crippen LogP contribution in [0.4, 0.5) is 26.2 Å². The van der Waals surface area contributed by atoms with Gasteiger partial charge in [0.05, 0.1) is 22.4 Å². The first-order valence-electron chi connectivity index (χ1n) is 12.1. The van der Waals surface area contributed by atoms with Crippen molar-refractivity contribution in [3.63, 3.8) is 0 Å². The van der Waals surface area contributed by atoms with Crippen LogP contribution in [0.25, 0.3) is 10.2 Å². The van der Waals surface area contributed by atoms with Crippen LogP contribution in [0.5, 0.6) is 11.5 Å². The van der Waals surface area contributed by atoms with Crippen LogP contribution in [0.2, 0.25) is 0 Å². The summed E-state index contributed by atoms with van der Waals surface area (Å²) in [6.07, 6.45) is 3.56. The third-order valence-electron chi connectivity index (χ3n) is 6.56. The lowest BCUT2D eigenvalue weighted by Gasteiger charge is -2.30. The largest absolute Gasteiger partial charge is 0.454 e. The number of aryl methyl sites for hydroxylation is 1. The zero-order chi connectivity index (χ0) is 25.5. The average Bonchev–Trinajstić information content (AvgIpc) is 3.27. The van der Waals surface area contributed by atoms with E-state index in [2.05, 4.69) is 20.9 Å². The molecular weight excluding hydrogens is 493 g/mol. The molecule has 188 valence electrons. The van der Waals surface area contributed by atoms with Crippen molar-refractivity contribution in [3.05, 3.63) is 71.0 Å². The van der Waals surface area contributed by atoms with Gasteiger partial charge in [-0.3, -0.25) is 9.69 Å². The lowest BCUT2D eigenvalue weighted by Crippen LogP contribution is -2.45. The fraction of sp³-hybridized carbons (Fsp3) is 0.222. The molecule has 2 aliphatic rings. The summed E-state index contributed by atoms with van der Waals surface area (Å²) in [5.74, 6) is -0.0874. The number of hydrogen-bond acceptors (Lipinski definition) is 6. The molecule has 0 radical (unpaired) electrons. The molecule has 37 heavy (non-hydrogen) atoms. The number of nitrogens with zero attached hydrogens (tertiary/aromatic N) is 2. The van der Waals surface area contributed by atoms with Crippen molar-refractivity contribution in [2.24, 2.45) is 0 Å². The van der Waals surface area contributed by atoms with Crippen LogP contribution in [-0.2, 0) is 0 Å². The molecule has 10 heteroatoms. The Labute approximate surface area is 216 Å². The minimum absolute atomic E-state index is 0.0506. The monoisotopic (exact) mass is 517 g/mol. The van der Waals surface area contributed by atoms with Crippen LogP contribution >= 0.6 is 11.3 Å². The van der Waals surface area contributed by atoms with Crippen molar-refractivity contribution in [3.8, 4) is 11.5 Å². The van der Waals surface area contributed by atoms with Gasteiger partial charge in [0.1, 0.15) is 15.5 Å². The standard InChI is InChI=1S/C27H24FN5O3S/c1-15-13-17(36-21-7-3-2-6-18(21)28)8-9-19(15)33-20-10-12-30-26-22(20)23(32-27(33)35)24(37-26)25(34)31-16-5-4-11-29-14-16/h2-3,6-10,12-13,16,29H,4-5,11,14H2,1H3,(H,31,34)(H,32,35)/t16-/m1/s1. The van der Waals surface area contributed by atoms with Crippen LogP contribution in [-0.4, -0.2) is 36.1 Å². The normalized spacial score (nSPS) is 17.0. The highest BCUT2D eigenvalue weighted by atomic mass is 32.1. The summed E-state index contributed by atoms with van der Waals surface area (Å²) in [6, 6.07) is 12.9. The maximum atomic E-state index is 14.0. The highest BCUT2D eigenvalue weighted by Crippen LogP contribution is 2.46. The van der Waals surface area contributed by atoms with E-state index in [1.54, 1.807) is 53.6 Å². The molecule has 6 rings (SSSR count). The second-order valence-corrected chi connectivity index (χ2v) is 10.1. The lowest BCUT2D eigenvalue weighted by molar-refractivity contribution is 0.0935. The minimum Gasteiger partial charge on any atom is -0.454 e. The van der Waals surface area contributed by atoms with Crippen molar-refractivity contribution < 1.29 is 18.7 Å². The molecule has 2 aromatic carbocycles. The maximum absolute atomic E-state index is 14.0. The van der Waals surface area contributed by atoms with Crippen LogP contribution < -0.4 is 25.6 Å². The van der Waals surface area contributed by atoms with E-state index < -0.39 is 5.82 Å². The van der Waals surface area contributed by atoms with E-state index in [1.807, 2.05) is 6.92 Å². The van der Waals surface area contributed by atoms with Crippen LogP contribution in [0.1, 0.15) is 28.1 Å². The first-order valence-corrected chi connectivity index (χ1v) is 12.9. The summed E-state index contributed by atoms with van der Waals surface area (Å²) >= 11 is 1.27. The zero-order valence-electron chi connectivity index (χ0n) is 20.0. The van der Waals surface area contributed by atoms with Gasteiger partial charge in [-0.2, -0.15) is 0 Å². The Balaban J connectivity index is 1.34. The van der Waals surface area contributed by atoms with E-state index in [4.69, 9.17) is 4.74 Å². The van der Waals surface area contributed by atoms with Gasteiger partial charge in [0, 0.05) is 18.8 Å². The van der Waals surface area contributed by atoms with E-state index >= 15 is 0 Å². The second-order valence-electron chi connectivity index (χ2n) is 9.08. The third-order valence-corrected chi connectivity index (χ3v) is 7.65. The molecule has 1 saturated heterocycles. The van der Waals surface area contributed by atoms with Crippen molar-refractivity contribution >= 4 is 50.6 Å². The molecule has 2 aromatic heterocycles. The van der Waals surface area contributed by atoms with Crippen LogP contribution in [0.15, 0.2) is 54.7 Å². The summed E-state index contributed by atoms with van der Waals surface area (Å²) in [5, 5.41) is 10.0. The molecule has 1 fully saturated rings. The molecular formula is C27H24FN5O3S. The average molecular weight is 518 g/mol. The Morgan fingerprint density at radius 2 is 2.08 bits per heavy atom. The Morgan fingerprint density at radius 3 is 2.86 bits per heavy atom. The van der Waals surface area contributed by atoms with Gasteiger partial charge in [-0.15, -0.1) is 11.3 Å². The number of ether oxygens (including phenoxy) is 1. The number of para-hydroxylation sites is 1. The van der Waals surface area contributed by atoms with Gasteiger partial charge in [-0.1, -0.05) is 12.1 Å². The van der Waals surface area contributed by atoms with Crippen molar-refractivity contribution in [2.45, 2.75) is 25.8 Å². The minimum atomic E-state index is -0.455. The fourth-order valence-electron chi connectivity index (χ4n) is 4.81. The molecule has 4 aromatic rings. The smallest absolute Gasteiger partial charge is 0.331 e. The molecule has 3 N–H and O–H groups in total. The van der Waals surface area contributed by atoms with Gasteiger partial charge in [0.2, 0.25) is 0 Å². The Kier molecular flexibility index (Phi) is 5.97. The van der Waals surface area contributed by atoms with E-state index in [-0.39, 0.29) is 23.7 Å². The van der Waals surface area contributed by atoms with Crippen molar-refractivity contribution in [2.75, 3.05) is 23.3 Å². The Morgan fingerprint density at radius 1 is 1.22 bits per heavy atom. The van der Waals surface area contributed by atoms with Gasteiger partial charge in [-0.25, -0.2) is 14.2 Å². The number of hydrogen-bond donors (Lipinski definition) is 3. The second kappa shape index (κ2) is 9.45. The summed E-state index contributed by atoms with van der Waals surface area (Å²) in [4.78, 5) is 33.7. The first-order chi connectivity index (χ1) is 18.0. The number of rotatable bonds is 5. The summed E-state index contributed by atoms with van der Waals surface area (Å²) in [7, 11) is 0. The molecule has 0 saturated carbocycles. The first kappa shape index (κ1) is 23.4. The number of aromatic nitrogens is 1. The highest BCUT2D eigenvalue weighted by Gasteiger charge is 2.33. The fourth-order valence-corrected chi connectivity index (χ4v) is 5.83. The number of urea groups is 1. The number of thiophene rings is 1. The number of nitrogens with one attached hydrogen (secondary N) is 3. The van der Waals surface area contributed by atoms with E-state index in [9.17, 15) is 14.0 Å². The molecule has 0 unspecified atom stereocenters. The third kappa shape index (κ3) is 4.28. The number of pyridine rings is 1. The van der Waals surface area contributed by atoms with E-state index in [0.29, 0.717) is 32.5 Å². The van der Waals surface area contributed by atoms with Crippen LogP contribution in [0, 0.1) is 12.7 Å². The number of anilines is 3. The SMILES string of the molecule is Cc1cc(Oc2ccccc2F)ccc1N1C(=O)Nc2c(C(=O)N[C@@H]3CCCNC3)sc3nccc1c23. The zero-order valence-corrected chi connectivity index (χ0v) is 20.8. The molecule has 0 aliphatic carbocycles. The van der Waals surface area contributed by atoms with Gasteiger partial charge < -0.3 is 20.7 Å². The van der Waals surface area contributed by atoms with Gasteiger partial charge in [-0.05, 0) is 68.3 Å². The number of amides is 3. The summed E-state index contributed by atoms with van der Waals surface area (Å²) < 4.78 is 19.7. The van der Waals surface area contributed by atoms with Gasteiger partial charge >= 0.3 is 6.03 Å². The Bertz CT molecular complexity index is 1530. The molecule has 0 bridgehead atoms. The van der Waals surface area contributed by atoms with E-state index in [1.165, 1.54) is 17.4 Å². The number of benzene rings is 2. The predicted molar refractivity (Wildman–Crippen MR) is 142 cm³/mol. The van der Waals surface area contributed by atoms with Gasteiger partial charge in [0.15, 0.2) is 11.6 Å². The maximum Gasteiger partial charge on any atom is 0.331 e. The lowest BCUT2D eigenvalue weighted by atomic mass is 10.1. The predicted octanol–water partition coefficient (Wildman–Crippen LogP) is 5.70. The number of piperidine rings is 1. The van der Waals surface area contributed by atoms with Crippen LogP contribution in [0.3, 0.4) is 0 Å². The van der Waals surface area contributed by atoms with Crippen molar-refractivity contribution in [1.29, 1.82) is 0 Å². The summed E-state index contributed by atoms with van der Waals surface area (Å²) in [6.45, 7) is 3.54. The molecule has 3 amide bonds. The number of halogens is 1. The number of carbonyl (C=O) groups excluding carboxylic acids is 2. The molecule has 2 aliphatic heterocycles. The van der Waals surface area contributed by atoms with E-state index in [0.717, 1.165) is 36.9 Å². The number of carbonyl (C=O) groups is 2. The summed E-state index contributed by atoms with van der Waals surface area (Å²) in [5.41, 5.74) is 2.53. The Hall–Kier alpha value is -4.02. The molecule has 4 heterocycles. The molecule has 1 atom stereocenters. The van der Waals surface area contributed by atoms with Gasteiger partial charge in [0.25, 0.3) is 5.91 Å². The van der Waals surface area contributed by atoms with Crippen molar-refractivity contribution in [1.82, 2.24) is 15.6 Å². The molecule has 0 spiro atoms. The quantitative estimate of drug-likeness (QED) is 0.316. The highest BCUT2D eigenvalue weighted by molar-refractivity contribution is 7.21. The topological polar surface area (TPSA) is 95.6 Å². The molecule has 8 nitrogen and oxygen atoms in total.